The van der Waals surface area contributed by atoms with Crippen molar-refractivity contribution in [1.29, 1.82) is 0 Å². The average Bonchev–Trinajstić information content (AvgIpc) is 2.45. The molecule has 6 heteroatoms. The van der Waals surface area contributed by atoms with Crippen LogP contribution in [0.2, 0.25) is 0 Å². The van der Waals surface area contributed by atoms with Crippen LogP contribution in [0.1, 0.15) is 46.0 Å². The van der Waals surface area contributed by atoms with Gasteiger partial charge in [0.05, 0.1) is 4.92 Å². The molecule has 116 valence electrons. The fourth-order valence-electron chi connectivity index (χ4n) is 2.65. The third kappa shape index (κ3) is 4.59. The molecule has 0 spiro atoms. The molecule has 1 heterocycles. The van der Waals surface area contributed by atoms with Gasteiger partial charge < -0.3 is 5.32 Å². The smallest absolute Gasteiger partial charge is 0.301 e. The summed E-state index contributed by atoms with van der Waals surface area (Å²) in [6, 6.07) is 3.26. The number of nitrogens with zero attached hydrogens (tertiary/aromatic N) is 2. The molecular formula is C15H23N3O2S. The molecule has 21 heavy (non-hydrogen) atoms. The van der Waals surface area contributed by atoms with Crippen LogP contribution < -0.4 is 5.32 Å². The maximum Gasteiger partial charge on any atom is 0.301 e. The first-order valence-corrected chi connectivity index (χ1v) is 8.54. The molecule has 0 aromatic carbocycles. The number of aromatic nitrogens is 1. The summed E-state index contributed by atoms with van der Waals surface area (Å²) in [6.45, 7) is 5.17. The van der Waals surface area contributed by atoms with Crippen LogP contribution in [-0.4, -0.2) is 21.7 Å². The highest BCUT2D eigenvalue weighted by Crippen LogP contribution is 2.39. The van der Waals surface area contributed by atoms with Crippen molar-refractivity contribution in [2.45, 2.75) is 56.2 Å². The number of hydrogen-bond acceptors (Lipinski definition) is 5. The van der Waals surface area contributed by atoms with Gasteiger partial charge in [-0.2, -0.15) is 0 Å². The van der Waals surface area contributed by atoms with Gasteiger partial charge in [-0.1, -0.05) is 38.5 Å². The predicted molar refractivity (Wildman–Crippen MR) is 86.9 cm³/mol. The van der Waals surface area contributed by atoms with Crippen LogP contribution in [0.5, 0.6) is 0 Å². The van der Waals surface area contributed by atoms with E-state index in [1.165, 1.54) is 12.8 Å². The standard InChI is InChI=1S/C15H23N3O2S/c1-3-9-16-14-8-7-13(18(19)20)15(17-14)21-12-6-4-5-11(2)10-12/h7-8,11-12H,3-6,9-10H2,1-2H3,(H,16,17). The fourth-order valence-corrected chi connectivity index (χ4v) is 4.09. The van der Waals surface area contributed by atoms with E-state index in [9.17, 15) is 10.1 Å². The highest BCUT2D eigenvalue weighted by molar-refractivity contribution is 8.00. The van der Waals surface area contributed by atoms with Crippen molar-refractivity contribution in [3.8, 4) is 0 Å². The van der Waals surface area contributed by atoms with Gasteiger partial charge in [-0.3, -0.25) is 10.1 Å². The first-order chi connectivity index (χ1) is 10.1. The van der Waals surface area contributed by atoms with E-state index < -0.39 is 0 Å². The highest BCUT2D eigenvalue weighted by Gasteiger charge is 2.24. The number of thioether (sulfide) groups is 1. The molecule has 5 nitrogen and oxygen atoms in total. The maximum atomic E-state index is 11.2. The number of nitro groups is 1. The second-order valence-electron chi connectivity index (χ2n) is 5.72. The minimum atomic E-state index is -0.328. The summed E-state index contributed by atoms with van der Waals surface area (Å²) in [7, 11) is 0. The Balaban J connectivity index is 2.15. The van der Waals surface area contributed by atoms with Gasteiger partial charge in [0.25, 0.3) is 0 Å². The molecule has 1 aliphatic rings. The Bertz CT molecular complexity index is 496. The SMILES string of the molecule is CCCNc1ccc([N+](=O)[O-])c(SC2CCCC(C)C2)n1. The Labute approximate surface area is 130 Å². The van der Waals surface area contributed by atoms with Crippen LogP contribution in [0.25, 0.3) is 0 Å². The second-order valence-corrected chi connectivity index (χ2v) is 7.01. The van der Waals surface area contributed by atoms with E-state index in [0.29, 0.717) is 16.2 Å². The molecule has 1 aromatic rings. The third-order valence-electron chi connectivity index (χ3n) is 3.76. The molecule has 0 radical (unpaired) electrons. The van der Waals surface area contributed by atoms with Gasteiger partial charge in [0.2, 0.25) is 0 Å². The number of pyridine rings is 1. The lowest BCUT2D eigenvalue weighted by molar-refractivity contribution is -0.388. The fraction of sp³-hybridized carbons (Fsp3) is 0.667. The van der Waals surface area contributed by atoms with Crippen molar-refractivity contribution < 1.29 is 4.92 Å². The van der Waals surface area contributed by atoms with E-state index in [4.69, 9.17) is 0 Å². The average molecular weight is 309 g/mol. The first-order valence-electron chi connectivity index (χ1n) is 7.66. The maximum absolute atomic E-state index is 11.2. The van der Waals surface area contributed by atoms with E-state index in [1.807, 2.05) is 0 Å². The summed E-state index contributed by atoms with van der Waals surface area (Å²) in [5.41, 5.74) is 0.125. The lowest BCUT2D eigenvalue weighted by atomic mass is 9.91. The van der Waals surface area contributed by atoms with Crippen LogP contribution in [0.15, 0.2) is 17.2 Å². The van der Waals surface area contributed by atoms with Crippen molar-refractivity contribution in [2.24, 2.45) is 5.92 Å². The topological polar surface area (TPSA) is 68.1 Å². The highest BCUT2D eigenvalue weighted by atomic mass is 32.2. The van der Waals surface area contributed by atoms with E-state index >= 15 is 0 Å². The molecule has 0 saturated heterocycles. The van der Waals surface area contributed by atoms with Crippen LogP contribution in [0.3, 0.4) is 0 Å². The lowest BCUT2D eigenvalue weighted by Crippen LogP contribution is -2.15. The summed E-state index contributed by atoms with van der Waals surface area (Å²) in [4.78, 5) is 15.3. The second kappa shape index (κ2) is 7.64. The van der Waals surface area contributed by atoms with Gasteiger partial charge in [0.1, 0.15) is 5.82 Å². The van der Waals surface area contributed by atoms with Gasteiger partial charge in [-0.05, 0) is 31.2 Å². The zero-order chi connectivity index (χ0) is 15.2. The Hall–Kier alpha value is -1.30. The largest absolute Gasteiger partial charge is 0.370 e. The van der Waals surface area contributed by atoms with E-state index in [1.54, 1.807) is 23.9 Å². The van der Waals surface area contributed by atoms with Crippen molar-refractivity contribution in [3.05, 3.63) is 22.2 Å². The summed E-state index contributed by atoms with van der Waals surface area (Å²) in [5, 5.41) is 15.4. The molecule has 1 saturated carbocycles. The van der Waals surface area contributed by atoms with Gasteiger partial charge in [0.15, 0.2) is 5.03 Å². The summed E-state index contributed by atoms with van der Waals surface area (Å²) < 4.78 is 0. The molecule has 1 fully saturated rings. The van der Waals surface area contributed by atoms with Crippen LogP contribution in [-0.2, 0) is 0 Å². The van der Waals surface area contributed by atoms with Gasteiger partial charge in [0, 0.05) is 17.9 Å². The van der Waals surface area contributed by atoms with Gasteiger partial charge in [-0.15, -0.1) is 0 Å². The molecule has 0 aliphatic heterocycles. The monoisotopic (exact) mass is 309 g/mol. The number of rotatable bonds is 6. The van der Waals surface area contributed by atoms with Crippen LogP contribution in [0, 0.1) is 16.0 Å². The molecular weight excluding hydrogens is 286 g/mol. The molecule has 0 bridgehead atoms. The summed E-state index contributed by atoms with van der Waals surface area (Å²) in [6.07, 6.45) is 5.73. The number of hydrogen-bond donors (Lipinski definition) is 1. The van der Waals surface area contributed by atoms with Crippen molar-refractivity contribution in [3.63, 3.8) is 0 Å². The Morgan fingerprint density at radius 3 is 2.95 bits per heavy atom. The Morgan fingerprint density at radius 1 is 1.48 bits per heavy atom. The van der Waals surface area contributed by atoms with Crippen LogP contribution >= 0.6 is 11.8 Å². The van der Waals surface area contributed by atoms with Crippen molar-refractivity contribution in [2.75, 3.05) is 11.9 Å². The molecule has 0 amide bonds. The minimum absolute atomic E-state index is 0.125. The van der Waals surface area contributed by atoms with E-state index in [0.717, 1.165) is 31.6 Å². The first kappa shape index (κ1) is 16.1. The van der Waals surface area contributed by atoms with E-state index in [2.05, 4.69) is 24.1 Å². The molecule has 2 rings (SSSR count). The lowest BCUT2D eigenvalue weighted by Gasteiger charge is -2.25. The number of nitrogens with one attached hydrogen (secondary N) is 1. The Morgan fingerprint density at radius 2 is 2.29 bits per heavy atom. The normalized spacial score (nSPS) is 22.0. The molecule has 2 atom stereocenters. The number of anilines is 1. The minimum Gasteiger partial charge on any atom is -0.370 e. The molecule has 1 aliphatic carbocycles. The van der Waals surface area contributed by atoms with Crippen LogP contribution in [0.4, 0.5) is 11.5 Å². The Kier molecular flexibility index (Phi) is 5.85. The summed E-state index contributed by atoms with van der Waals surface area (Å²) >= 11 is 1.58. The van der Waals surface area contributed by atoms with E-state index in [-0.39, 0.29) is 10.6 Å². The van der Waals surface area contributed by atoms with Crippen molar-refractivity contribution in [1.82, 2.24) is 4.98 Å². The summed E-state index contributed by atoms with van der Waals surface area (Å²) in [5.74, 6) is 1.44. The molecule has 2 unspecified atom stereocenters. The zero-order valence-corrected chi connectivity index (χ0v) is 13.5. The molecule has 1 N–H and O–H groups in total. The van der Waals surface area contributed by atoms with Gasteiger partial charge in [-0.25, -0.2) is 4.98 Å². The van der Waals surface area contributed by atoms with Crippen molar-refractivity contribution >= 4 is 23.3 Å². The van der Waals surface area contributed by atoms with Gasteiger partial charge >= 0.3 is 5.69 Å². The third-order valence-corrected chi connectivity index (χ3v) is 5.04. The predicted octanol–water partition coefficient (Wildman–Crippen LogP) is 4.48. The molecule has 1 aromatic heterocycles. The zero-order valence-electron chi connectivity index (χ0n) is 12.7. The quantitative estimate of drug-likeness (QED) is 0.619.